The maximum absolute atomic E-state index is 6.92. The molecule has 4 heteroatoms. The molecule has 0 saturated carbocycles. The van der Waals surface area contributed by atoms with Gasteiger partial charge in [0.2, 0.25) is 0 Å². The summed E-state index contributed by atoms with van der Waals surface area (Å²) in [7, 11) is 1.42. The first kappa shape index (κ1) is 16.2. The first-order valence-electron chi connectivity index (χ1n) is 0.258. The molecule has 1 nitrogen and oxygen atoms in total. The van der Waals surface area contributed by atoms with Crippen molar-refractivity contribution >= 4 is 9.47 Å². The van der Waals surface area contributed by atoms with Crippen LogP contribution in [0.2, 0.25) is 0 Å². The van der Waals surface area contributed by atoms with E-state index in [-0.39, 0.29) is 62.0 Å². The Balaban J connectivity index is -0.000000000833. The minimum Gasteiger partial charge on any atom is -1.00 e. The van der Waals surface area contributed by atoms with Crippen LogP contribution >= 0.6 is 9.47 Å². The fourth-order valence-electron chi connectivity index (χ4n) is 0. The van der Waals surface area contributed by atoms with E-state index in [2.05, 4.69) is 0 Å². The average molecular weight is 98.0 g/mol. The molecule has 0 spiro atoms. The van der Waals surface area contributed by atoms with Gasteiger partial charge in [0.25, 0.3) is 0 Å². The molecule has 0 amide bonds. The molecule has 0 heterocycles. The molecule has 1 unspecified atom stereocenters. The second kappa shape index (κ2) is 18.2. The third-order valence-electron chi connectivity index (χ3n) is 0. The van der Waals surface area contributed by atoms with Crippen LogP contribution in [0.3, 0.4) is 0 Å². The largest absolute Gasteiger partial charge is 1.00 e. The zero-order valence-electron chi connectivity index (χ0n) is 5.02. The molecule has 0 bridgehead atoms. The molecule has 0 rings (SSSR count). The Labute approximate surface area is 75.4 Å². The van der Waals surface area contributed by atoms with Gasteiger partial charge in [-0.15, -0.1) is 0 Å². The summed E-state index contributed by atoms with van der Waals surface area (Å²) in [5.41, 5.74) is 0. The van der Waals surface area contributed by atoms with E-state index in [9.17, 15) is 0 Å². The van der Waals surface area contributed by atoms with Crippen LogP contribution < -0.4 is 59.1 Å². The van der Waals surface area contributed by atoms with Gasteiger partial charge in [-0.1, -0.05) is 0 Å². The van der Waals surface area contributed by atoms with Crippen LogP contribution in [0.25, 0.3) is 0 Å². The van der Waals surface area contributed by atoms with Gasteiger partial charge in [-0.2, -0.15) is 0 Å². The van der Waals surface area contributed by atoms with Crippen molar-refractivity contribution in [3.63, 3.8) is 0 Å². The van der Waals surface area contributed by atoms with Crippen LogP contribution in [0, 0.1) is 0 Å². The average Bonchev–Trinajstić information content (AvgIpc) is 1.00. The third kappa shape index (κ3) is 8.83. The number of hydrogen-bond donors (Lipinski definition) is 1. The fraction of sp³-hybridized carbons (Fsp3) is 0. The normalized spacial score (nSPS) is 1.50. The van der Waals surface area contributed by atoms with E-state index in [1.165, 1.54) is 9.47 Å². The van der Waals surface area contributed by atoms with Crippen LogP contribution in [0.5, 0.6) is 0 Å². The molecule has 0 saturated heterocycles. The predicted molar refractivity (Wildman–Crippen MR) is 14.2 cm³/mol. The Kier molecular flexibility index (Phi) is 73.4. The van der Waals surface area contributed by atoms with Crippen LogP contribution in [-0.4, -0.2) is 4.89 Å². The molecular formula is H5Na2OP. The molecule has 18 valence electrons. The van der Waals surface area contributed by atoms with E-state index in [1.54, 1.807) is 0 Å². The van der Waals surface area contributed by atoms with Crippen molar-refractivity contribution in [1.82, 2.24) is 0 Å². The first-order valence-corrected chi connectivity index (χ1v) is 0.775. The molecule has 0 aromatic carbocycles. The molecule has 0 aromatic heterocycles. The van der Waals surface area contributed by atoms with Crippen molar-refractivity contribution in [2.24, 2.45) is 0 Å². The molecule has 1 atom stereocenters. The Hall–Kier alpha value is 2.39. The van der Waals surface area contributed by atoms with Gasteiger partial charge < -0.3 is 7.75 Å². The van der Waals surface area contributed by atoms with E-state index >= 15 is 0 Å². The number of rotatable bonds is 0. The van der Waals surface area contributed by atoms with Gasteiger partial charge in [0.15, 0.2) is 0 Å². The van der Waals surface area contributed by atoms with Crippen LogP contribution in [0.4, 0.5) is 0 Å². The van der Waals surface area contributed by atoms with Crippen molar-refractivity contribution in [3.8, 4) is 0 Å². The smallest absolute Gasteiger partial charge is 1.00 e. The van der Waals surface area contributed by atoms with Gasteiger partial charge >= 0.3 is 59.1 Å². The molecule has 1 N–H and O–H groups in total. The van der Waals surface area contributed by atoms with E-state index in [4.69, 9.17) is 4.89 Å². The Bertz CT molecular complexity index is 11.5. The van der Waals surface area contributed by atoms with Crippen LogP contribution in [0.1, 0.15) is 2.85 Å². The van der Waals surface area contributed by atoms with Crippen molar-refractivity contribution in [2.45, 2.75) is 0 Å². The van der Waals surface area contributed by atoms with Gasteiger partial charge in [0, 0.05) is 0 Å². The van der Waals surface area contributed by atoms with Crippen molar-refractivity contribution in [1.29, 1.82) is 0 Å². The van der Waals surface area contributed by atoms with Crippen molar-refractivity contribution in [2.75, 3.05) is 0 Å². The van der Waals surface area contributed by atoms with E-state index in [0.717, 1.165) is 0 Å². The fourth-order valence-corrected chi connectivity index (χ4v) is 0. The molecular weight excluding hydrogens is 93.0 g/mol. The molecule has 0 aliphatic heterocycles. The van der Waals surface area contributed by atoms with Crippen molar-refractivity contribution in [3.05, 3.63) is 0 Å². The zero-order chi connectivity index (χ0) is 2.00. The molecule has 0 radical (unpaired) electrons. The standard InChI is InChI=1S/2Na.H3OP.2H/c;;1-2;;/h;;1H,2H2;;/q2*+1;;2*-1. The first-order chi connectivity index (χ1) is 1.00. The molecule has 0 fully saturated rings. The molecule has 0 aliphatic rings. The quantitative estimate of drug-likeness (QED) is 0.236. The van der Waals surface area contributed by atoms with Gasteiger partial charge in [0.1, 0.15) is 0 Å². The summed E-state index contributed by atoms with van der Waals surface area (Å²) < 4.78 is 0. The van der Waals surface area contributed by atoms with Crippen molar-refractivity contribution < 1.29 is 66.9 Å². The predicted octanol–water partition coefficient (Wildman–Crippen LogP) is -6.00. The molecule has 0 aliphatic carbocycles. The molecule has 0 aromatic rings. The second-order valence-electron chi connectivity index (χ2n) is 0. The van der Waals surface area contributed by atoms with Crippen LogP contribution in [0.15, 0.2) is 0 Å². The maximum atomic E-state index is 6.92. The summed E-state index contributed by atoms with van der Waals surface area (Å²) in [6, 6.07) is 0. The third-order valence-corrected chi connectivity index (χ3v) is 0. The summed E-state index contributed by atoms with van der Waals surface area (Å²) in [4.78, 5) is 6.92. The summed E-state index contributed by atoms with van der Waals surface area (Å²) in [5, 5.41) is 0. The molecule has 4 heavy (non-hydrogen) atoms. The van der Waals surface area contributed by atoms with E-state index in [1.807, 2.05) is 0 Å². The van der Waals surface area contributed by atoms with Gasteiger partial charge in [-0.3, -0.25) is 0 Å². The maximum Gasteiger partial charge on any atom is 1.00 e. The Morgan fingerprint density at radius 2 is 1.25 bits per heavy atom. The summed E-state index contributed by atoms with van der Waals surface area (Å²) >= 11 is 0. The van der Waals surface area contributed by atoms with Crippen LogP contribution in [-0.2, 0) is 0 Å². The van der Waals surface area contributed by atoms with Gasteiger partial charge in [-0.05, 0) is 9.47 Å². The topological polar surface area (TPSA) is 20.2 Å². The SMILES string of the molecule is OP.[H-].[H-].[Na+].[Na+]. The summed E-state index contributed by atoms with van der Waals surface area (Å²) in [6.45, 7) is 0. The monoisotopic (exact) mass is 98.0 g/mol. The minimum absolute atomic E-state index is 0. The van der Waals surface area contributed by atoms with E-state index < -0.39 is 0 Å². The second-order valence-corrected chi connectivity index (χ2v) is 0. The van der Waals surface area contributed by atoms with Gasteiger partial charge in [0.05, 0.1) is 0 Å². The van der Waals surface area contributed by atoms with E-state index in [0.29, 0.717) is 0 Å². The number of hydrogen-bond acceptors (Lipinski definition) is 1. The summed E-state index contributed by atoms with van der Waals surface area (Å²) in [6.07, 6.45) is 0. The zero-order valence-corrected chi connectivity index (χ0v) is 8.18. The Morgan fingerprint density at radius 3 is 1.25 bits per heavy atom. The Morgan fingerprint density at radius 1 is 1.25 bits per heavy atom. The minimum atomic E-state index is 0. The van der Waals surface area contributed by atoms with Gasteiger partial charge in [-0.25, -0.2) is 0 Å². The summed E-state index contributed by atoms with van der Waals surface area (Å²) in [5.74, 6) is 0.